The van der Waals surface area contributed by atoms with Crippen LogP contribution in [0.15, 0.2) is 41.3 Å². The van der Waals surface area contributed by atoms with Crippen LogP contribution >= 0.6 is 0 Å². The second-order valence-corrected chi connectivity index (χ2v) is 6.68. The summed E-state index contributed by atoms with van der Waals surface area (Å²) in [5.41, 5.74) is 1.71. The van der Waals surface area contributed by atoms with Crippen LogP contribution in [0.4, 0.5) is 5.95 Å². The number of carbonyl (C=O) groups is 1. The number of rotatable bonds is 5. The van der Waals surface area contributed by atoms with E-state index in [0.717, 1.165) is 18.7 Å². The van der Waals surface area contributed by atoms with E-state index < -0.39 is 0 Å². The lowest BCUT2D eigenvalue weighted by Gasteiger charge is -2.23. The lowest BCUT2D eigenvalue weighted by Crippen LogP contribution is -2.34. The molecule has 0 spiro atoms. The van der Waals surface area contributed by atoms with Gasteiger partial charge in [-0.15, -0.1) is 0 Å². The van der Waals surface area contributed by atoms with Crippen LogP contribution in [-0.4, -0.2) is 48.8 Å². The minimum atomic E-state index is -0.144. The third kappa shape index (κ3) is 3.97. The summed E-state index contributed by atoms with van der Waals surface area (Å²) < 4.78 is 7.15. The van der Waals surface area contributed by atoms with Crippen molar-refractivity contribution in [2.24, 2.45) is 5.92 Å². The van der Waals surface area contributed by atoms with Gasteiger partial charge in [0.15, 0.2) is 0 Å². The fourth-order valence-corrected chi connectivity index (χ4v) is 3.27. The van der Waals surface area contributed by atoms with Gasteiger partial charge in [-0.25, -0.2) is 9.97 Å². The van der Waals surface area contributed by atoms with Gasteiger partial charge < -0.3 is 14.7 Å². The summed E-state index contributed by atoms with van der Waals surface area (Å²) in [6, 6.07) is 5.41. The van der Waals surface area contributed by atoms with Crippen molar-refractivity contribution in [1.29, 1.82) is 0 Å². The topological polar surface area (TPSA) is 102 Å². The molecule has 1 N–H and O–H groups in total. The Labute approximate surface area is 156 Å². The number of nitrogens with zero attached hydrogens (tertiary/aromatic N) is 6. The number of anilines is 1. The van der Waals surface area contributed by atoms with Crippen LogP contribution in [0, 0.1) is 12.8 Å². The van der Waals surface area contributed by atoms with Crippen LogP contribution in [0.2, 0.25) is 0 Å². The van der Waals surface area contributed by atoms with E-state index in [4.69, 9.17) is 4.52 Å². The molecule has 4 heterocycles. The van der Waals surface area contributed by atoms with Crippen molar-refractivity contribution >= 4 is 11.9 Å². The molecular formula is C18H21N7O2. The Kier molecular flexibility index (Phi) is 4.82. The highest BCUT2D eigenvalue weighted by molar-refractivity contribution is 5.91. The maximum absolute atomic E-state index is 12.9. The molecule has 0 saturated carbocycles. The summed E-state index contributed by atoms with van der Waals surface area (Å²) in [6.07, 6.45) is 6.04. The highest BCUT2D eigenvalue weighted by Gasteiger charge is 2.28. The molecule has 27 heavy (non-hydrogen) atoms. The van der Waals surface area contributed by atoms with E-state index in [0.29, 0.717) is 31.3 Å². The molecule has 1 amide bonds. The lowest BCUT2D eigenvalue weighted by atomic mass is 10.1. The molecule has 1 aliphatic heterocycles. The fourth-order valence-electron chi connectivity index (χ4n) is 3.27. The summed E-state index contributed by atoms with van der Waals surface area (Å²) >= 11 is 0. The zero-order chi connectivity index (χ0) is 18.6. The quantitative estimate of drug-likeness (QED) is 0.733. The minimum Gasteiger partial charge on any atom is -0.354 e. The van der Waals surface area contributed by atoms with Crippen molar-refractivity contribution in [2.45, 2.75) is 26.4 Å². The second-order valence-electron chi connectivity index (χ2n) is 6.68. The van der Waals surface area contributed by atoms with Crippen LogP contribution in [0.1, 0.15) is 28.4 Å². The van der Waals surface area contributed by atoms with Crippen LogP contribution in [0.25, 0.3) is 0 Å². The average Bonchev–Trinajstić information content (AvgIpc) is 3.26. The molecule has 9 heteroatoms. The van der Waals surface area contributed by atoms with E-state index in [2.05, 4.69) is 25.5 Å². The standard InChI is InChI=1S/C18H21N7O2/c1-13-9-16(27-23-13)17(26)24-10-14(11-25-15(12-24)4-8-22-25)3-7-21-18-19-5-2-6-20-18/h2,4-6,8-9,14H,3,7,10-12H2,1H3,(H,19,20,21). The van der Waals surface area contributed by atoms with Crippen molar-refractivity contribution in [3.63, 3.8) is 0 Å². The largest absolute Gasteiger partial charge is 0.354 e. The third-order valence-electron chi connectivity index (χ3n) is 4.59. The number of aromatic nitrogens is 5. The van der Waals surface area contributed by atoms with Gasteiger partial charge in [-0.2, -0.15) is 5.10 Å². The first-order valence-corrected chi connectivity index (χ1v) is 8.93. The number of amides is 1. The Hall–Kier alpha value is -3.23. The molecule has 0 bridgehead atoms. The van der Waals surface area contributed by atoms with Crippen LogP contribution in [0.3, 0.4) is 0 Å². The second kappa shape index (κ2) is 7.56. The molecule has 1 atom stereocenters. The summed E-state index contributed by atoms with van der Waals surface area (Å²) in [4.78, 5) is 23.0. The van der Waals surface area contributed by atoms with Gasteiger partial charge in [0.05, 0.1) is 17.9 Å². The van der Waals surface area contributed by atoms with E-state index in [1.165, 1.54) is 0 Å². The molecule has 0 radical (unpaired) electrons. The fraction of sp³-hybridized carbons (Fsp3) is 0.389. The van der Waals surface area contributed by atoms with E-state index >= 15 is 0 Å². The van der Waals surface area contributed by atoms with Gasteiger partial charge in [0.25, 0.3) is 5.91 Å². The monoisotopic (exact) mass is 367 g/mol. The molecule has 3 aromatic heterocycles. The van der Waals surface area contributed by atoms with E-state index in [1.807, 2.05) is 15.6 Å². The molecule has 140 valence electrons. The Balaban J connectivity index is 1.46. The molecule has 9 nitrogen and oxygen atoms in total. The minimum absolute atomic E-state index is 0.144. The highest BCUT2D eigenvalue weighted by Crippen LogP contribution is 2.20. The molecule has 0 aliphatic carbocycles. The molecule has 0 fully saturated rings. The zero-order valence-corrected chi connectivity index (χ0v) is 15.1. The molecule has 1 aliphatic rings. The van der Waals surface area contributed by atoms with Gasteiger partial charge in [0, 0.05) is 44.3 Å². The number of carbonyl (C=O) groups excluding carboxylic acids is 1. The first-order chi connectivity index (χ1) is 13.2. The molecule has 1 unspecified atom stereocenters. The molecule has 3 aromatic rings. The Morgan fingerprint density at radius 3 is 2.93 bits per heavy atom. The molecule has 0 saturated heterocycles. The number of aryl methyl sites for hydroxylation is 1. The van der Waals surface area contributed by atoms with Crippen LogP contribution < -0.4 is 5.32 Å². The number of hydrogen-bond acceptors (Lipinski definition) is 7. The molecular weight excluding hydrogens is 346 g/mol. The van der Waals surface area contributed by atoms with Crippen LogP contribution in [-0.2, 0) is 13.1 Å². The smallest absolute Gasteiger partial charge is 0.292 e. The van der Waals surface area contributed by atoms with Crippen molar-refractivity contribution in [2.75, 3.05) is 18.4 Å². The van der Waals surface area contributed by atoms with E-state index in [1.54, 1.807) is 37.6 Å². The van der Waals surface area contributed by atoms with Crippen molar-refractivity contribution in [1.82, 2.24) is 29.8 Å². The SMILES string of the molecule is Cc1cc(C(=O)N2Cc3ccnn3CC(CCNc3ncccn3)C2)on1. The number of nitrogens with one attached hydrogen (secondary N) is 1. The highest BCUT2D eigenvalue weighted by atomic mass is 16.5. The van der Waals surface area contributed by atoms with E-state index in [9.17, 15) is 4.79 Å². The predicted octanol–water partition coefficient (Wildman–Crippen LogP) is 1.74. The maximum Gasteiger partial charge on any atom is 0.292 e. The first-order valence-electron chi connectivity index (χ1n) is 8.93. The summed E-state index contributed by atoms with van der Waals surface area (Å²) in [5, 5.41) is 11.5. The van der Waals surface area contributed by atoms with Gasteiger partial charge in [-0.1, -0.05) is 5.16 Å². The maximum atomic E-state index is 12.9. The van der Waals surface area contributed by atoms with Gasteiger partial charge in [0.1, 0.15) is 0 Å². The van der Waals surface area contributed by atoms with Crippen molar-refractivity contribution < 1.29 is 9.32 Å². The molecule has 4 rings (SSSR count). The van der Waals surface area contributed by atoms with Crippen molar-refractivity contribution in [3.8, 4) is 0 Å². The lowest BCUT2D eigenvalue weighted by molar-refractivity contribution is 0.0677. The Morgan fingerprint density at radius 1 is 1.30 bits per heavy atom. The third-order valence-corrected chi connectivity index (χ3v) is 4.59. The van der Waals surface area contributed by atoms with Crippen molar-refractivity contribution in [3.05, 3.63) is 53.9 Å². The van der Waals surface area contributed by atoms with E-state index in [-0.39, 0.29) is 17.6 Å². The Morgan fingerprint density at radius 2 is 2.15 bits per heavy atom. The average molecular weight is 367 g/mol. The van der Waals surface area contributed by atoms with Gasteiger partial charge >= 0.3 is 0 Å². The first kappa shape index (κ1) is 17.2. The Bertz CT molecular complexity index is 905. The van der Waals surface area contributed by atoms with Gasteiger partial charge in [0.2, 0.25) is 11.7 Å². The van der Waals surface area contributed by atoms with Gasteiger partial charge in [-0.05, 0) is 31.4 Å². The van der Waals surface area contributed by atoms with Gasteiger partial charge in [-0.3, -0.25) is 9.48 Å². The predicted molar refractivity (Wildman–Crippen MR) is 96.8 cm³/mol. The summed E-state index contributed by atoms with van der Waals surface area (Å²) in [7, 11) is 0. The summed E-state index contributed by atoms with van der Waals surface area (Å²) in [6.45, 7) is 4.41. The normalized spacial score (nSPS) is 16.6. The van der Waals surface area contributed by atoms with Crippen LogP contribution in [0.5, 0.6) is 0 Å². The number of hydrogen-bond donors (Lipinski definition) is 1. The summed E-state index contributed by atoms with van der Waals surface area (Å²) in [5.74, 6) is 0.982. The number of fused-ring (bicyclic) bond motifs is 1. The molecule has 0 aromatic carbocycles. The zero-order valence-electron chi connectivity index (χ0n) is 15.1.